The lowest BCUT2D eigenvalue weighted by Crippen LogP contribution is -1.94. The fourth-order valence-corrected chi connectivity index (χ4v) is 3.10. The number of para-hydroxylation sites is 1. The van der Waals surface area contributed by atoms with E-state index in [0.717, 1.165) is 5.69 Å². The highest BCUT2D eigenvalue weighted by atomic mass is 79.9. The Morgan fingerprint density at radius 1 is 0.882 bits per heavy atom. The van der Waals surface area contributed by atoms with Crippen molar-refractivity contribution in [3.05, 3.63) is 50.7 Å². The monoisotopic (exact) mass is 349 g/mol. The van der Waals surface area contributed by atoms with Gasteiger partial charge in [-0.25, -0.2) is 0 Å². The van der Waals surface area contributed by atoms with E-state index in [9.17, 15) is 0 Å². The maximum Gasteiger partial charge on any atom is 0.110 e. The molecule has 0 aliphatic carbocycles. The van der Waals surface area contributed by atoms with Crippen LogP contribution in [0.15, 0.2) is 39.5 Å². The Balaban J connectivity index is 2.78. The van der Waals surface area contributed by atoms with Crippen LogP contribution < -0.4 is 0 Å². The van der Waals surface area contributed by atoms with Crippen LogP contribution in [0.25, 0.3) is 5.69 Å². The van der Waals surface area contributed by atoms with Crippen molar-refractivity contribution >= 4 is 31.9 Å². The topological polar surface area (TPSA) is 52.5 Å². The molecular formula is C12H5Br2N3. The molecule has 0 amide bonds. The Morgan fingerprint density at radius 2 is 1.35 bits per heavy atom. The van der Waals surface area contributed by atoms with Crippen molar-refractivity contribution in [1.82, 2.24) is 4.57 Å². The molecule has 0 atom stereocenters. The first-order valence-electron chi connectivity index (χ1n) is 4.66. The summed E-state index contributed by atoms with van der Waals surface area (Å²) in [6.45, 7) is 0. The Hall–Kier alpha value is -1.56. The second-order valence-corrected chi connectivity index (χ2v) is 4.73. The molecule has 2 rings (SSSR count). The van der Waals surface area contributed by atoms with Crippen LogP contribution >= 0.6 is 31.9 Å². The van der Waals surface area contributed by atoms with Gasteiger partial charge in [0.15, 0.2) is 0 Å². The van der Waals surface area contributed by atoms with Gasteiger partial charge in [0.05, 0.1) is 0 Å². The van der Waals surface area contributed by atoms with E-state index in [0.29, 0.717) is 20.3 Å². The van der Waals surface area contributed by atoms with E-state index in [2.05, 4.69) is 31.9 Å². The average Bonchev–Trinajstić information content (AvgIpc) is 2.60. The van der Waals surface area contributed by atoms with Crippen molar-refractivity contribution in [2.45, 2.75) is 0 Å². The Bertz CT molecular complexity index is 608. The highest BCUT2D eigenvalue weighted by Crippen LogP contribution is 2.33. The zero-order valence-electron chi connectivity index (χ0n) is 8.48. The van der Waals surface area contributed by atoms with Crippen LogP contribution in [0.2, 0.25) is 0 Å². The molecule has 0 aliphatic rings. The number of benzene rings is 1. The quantitative estimate of drug-likeness (QED) is 0.786. The van der Waals surface area contributed by atoms with Gasteiger partial charge in [-0.05, 0) is 44.0 Å². The highest BCUT2D eigenvalue weighted by molar-refractivity contribution is 9.11. The first-order chi connectivity index (χ1) is 8.20. The summed E-state index contributed by atoms with van der Waals surface area (Å²) in [5, 5.41) is 18.1. The molecule has 0 fully saturated rings. The SMILES string of the molecule is N#Cc1c(C#N)c(Br)n(-c2ccccc2)c1Br. The van der Waals surface area contributed by atoms with Gasteiger partial charge in [0, 0.05) is 5.69 Å². The summed E-state index contributed by atoms with van der Waals surface area (Å²) < 4.78 is 2.93. The van der Waals surface area contributed by atoms with E-state index in [4.69, 9.17) is 10.5 Å². The number of hydrogen-bond acceptors (Lipinski definition) is 2. The van der Waals surface area contributed by atoms with Crippen molar-refractivity contribution in [3.63, 3.8) is 0 Å². The summed E-state index contributed by atoms with van der Waals surface area (Å²) in [6, 6.07) is 13.6. The van der Waals surface area contributed by atoms with Gasteiger partial charge in [-0.2, -0.15) is 10.5 Å². The van der Waals surface area contributed by atoms with Gasteiger partial charge in [-0.3, -0.25) is 4.57 Å². The van der Waals surface area contributed by atoms with Gasteiger partial charge in [-0.1, -0.05) is 18.2 Å². The van der Waals surface area contributed by atoms with Crippen LogP contribution in [-0.2, 0) is 0 Å². The third-order valence-electron chi connectivity index (χ3n) is 2.29. The zero-order valence-corrected chi connectivity index (χ0v) is 11.7. The largest absolute Gasteiger partial charge is 0.296 e. The third kappa shape index (κ3) is 1.88. The standard InChI is InChI=1S/C12H5Br2N3/c13-11-9(6-15)10(7-16)12(14)17(11)8-4-2-1-3-5-8/h1-5H. The summed E-state index contributed by atoms with van der Waals surface area (Å²) in [4.78, 5) is 0. The molecule has 0 spiro atoms. The molecule has 1 aromatic heterocycles. The number of aromatic nitrogens is 1. The molecule has 0 unspecified atom stereocenters. The minimum Gasteiger partial charge on any atom is -0.296 e. The van der Waals surface area contributed by atoms with Crippen molar-refractivity contribution < 1.29 is 0 Å². The van der Waals surface area contributed by atoms with Gasteiger partial charge in [0.2, 0.25) is 0 Å². The number of halogens is 2. The van der Waals surface area contributed by atoms with Gasteiger partial charge in [0.25, 0.3) is 0 Å². The smallest absolute Gasteiger partial charge is 0.110 e. The number of rotatable bonds is 1. The first-order valence-corrected chi connectivity index (χ1v) is 6.24. The fraction of sp³-hybridized carbons (Fsp3) is 0. The van der Waals surface area contributed by atoms with Crippen molar-refractivity contribution in [2.24, 2.45) is 0 Å². The van der Waals surface area contributed by atoms with E-state index in [1.54, 1.807) is 4.57 Å². The van der Waals surface area contributed by atoms with Gasteiger partial charge in [-0.15, -0.1) is 0 Å². The van der Waals surface area contributed by atoms with Crippen LogP contribution in [0.5, 0.6) is 0 Å². The Labute approximate surface area is 115 Å². The predicted octanol–water partition coefficient (Wildman–Crippen LogP) is 3.75. The van der Waals surface area contributed by atoms with E-state index in [-0.39, 0.29) is 0 Å². The van der Waals surface area contributed by atoms with Crippen LogP contribution in [0.3, 0.4) is 0 Å². The first kappa shape index (κ1) is 11.9. The molecule has 0 aliphatic heterocycles. The molecule has 17 heavy (non-hydrogen) atoms. The zero-order chi connectivity index (χ0) is 12.4. The normalized spacial score (nSPS) is 9.65. The van der Waals surface area contributed by atoms with E-state index in [1.807, 2.05) is 42.5 Å². The summed E-state index contributed by atoms with van der Waals surface area (Å²) in [6.07, 6.45) is 0. The molecule has 0 saturated carbocycles. The summed E-state index contributed by atoms with van der Waals surface area (Å²) >= 11 is 6.70. The lowest BCUT2D eigenvalue weighted by molar-refractivity contribution is 1.01. The third-order valence-corrected chi connectivity index (χ3v) is 3.80. The van der Waals surface area contributed by atoms with Gasteiger partial charge in [0.1, 0.15) is 32.5 Å². The molecule has 1 aromatic carbocycles. The Kier molecular flexibility index (Phi) is 3.33. The lowest BCUT2D eigenvalue weighted by atomic mass is 10.2. The maximum atomic E-state index is 9.05. The van der Waals surface area contributed by atoms with Crippen LogP contribution in [0.1, 0.15) is 11.1 Å². The summed E-state index contributed by atoms with van der Waals surface area (Å²) in [5.74, 6) is 0. The molecule has 0 radical (unpaired) electrons. The lowest BCUT2D eigenvalue weighted by Gasteiger charge is -2.06. The van der Waals surface area contributed by atoms with E-state index >= 15 is 0 Å². The molecule has 82 valence electrons. The van der Waals surface area contributed by atoms with Crippen molar-refractivity contribution in [2.75, 3.05) is 0 Å². The summed E-state index contributed by atoms with van der Waals surface area (Å²) in [7, 11) is 0. The van der Waals surface area contributed by atoms with E-state index in [1.165, 1.54) is 0 Å². The van der Waals surface area contributed by atoms with Gasteiger partial charge >= 0.3 is 0 Å². The van der Waals surface area contributed by atoms with Crippen LogP contribution in [-0.4, -0.2) is 4.57 Å². The molecule has 1 heterocycles. The maximum absolute atomic E-state index is 9.05. The molecule has 2 aromatic rings. The average molecular weight is 351 g/mol. The highest BCUT2D eigenvalue weighted by Gasteiger charge is 2.20. The second kappa shape index (κ2) is 4.75. The minimum atomic E-state index is 0.336. The molecule has 0 bridgehead atoms. The molecule has 0 N–H and O–H groups in total. The van der Waals surface area contributed by atoms with Crippen molar-refractivity contribution in [1.29, 1.82) is 10.5 Å². The second-order valence-electron chi connectivity index (χ2n) is 3.23. The number of nitrogens with zero attached hydrogens (tertiary/aromatic N) is 3. The molecule has 3 nitrogen and oxygen atoms in total. The van der Waals surface area contributed by atoms with Crippen molar-refractivity contribution in [3.8, 4) is 17.8 Å². The van der Waals surface area contributed by atoms with Crippen LogP contribution in [0, 0.1) is 22.7 Å². The molecule has 5 heteroatoms. The summed E-state index contributed by atoms with van der Waals surface area (Å²) in [5.41, 5.74) is 1.55. The Morgan fingerprint density at radius 3 is 1.76 bits per heavy atom. The molecule has 0 saturated heterocycles. The number of nitriles is 2. The molecular weight excluding hydrogens is 346 g/mol. The minimum absolute atomic E-state index is 0.336. The van der Waals surface area contributed by atoms with Gasteiger partial charge < -0.3 is 0 Å². The fourth-order valence-electron chi connectivity index (χ4n) is 1.52. The number of hydrogen-bond donors (Lipinski definition) is 0. The van der Waals surface area contributed by atoms with Crippen LogP contribution in [0.4, 0.5) is 0 Å². The predicted molar refractivity (Wildman–Crippen MR) is 70.6 cm³/mol. The van der Waals surface area contributed by atoms with E-state index < -0.39 is 0 Å².